The normalized spacial score (nSPS) is 25.5. The van der Waals surface area contributed by atoms with Gasteiger partial charge in [-0.1, -0.05) is 37.3 Å². The Morgan fingerprint density at radius 3 is 2.40 bits per heavy atom. The Labute approximate surface area is 205 Å². The Balaban J connectivity index is 1.27. The van der Waals surface area contributed by atoms with Gasteiger partial charge in [-0.3, -0.25) is 24.6 Å². The van der Waals surface area contributed by atoms with Crippen molar-refractivity contribution in [2.45, 2.75) is 51.6 Å². The highest BCUT2D eigenvalue weighted by Crippen LogP contribution is 2.43. The van der Waals surface area contributed by atoms with Crippen LogP contribution in [0.3, 0.4) is 0 Å². The van der Waals surface area contributed by atoms with Crippen molar-refractivity contribution in [3.8, 4) is 0 Å². The number of piperidine rings is 1. The molecule has 1 N–H and O–H groups in total. The van der Waals surface area contributed by atoms with Crippen LogP contribution in [0.1, 0.15) is 44.6 Å². The summed E-state index contributed by atoms with van der Waals surface area (Å²) in [7, 11) is 0. The summed E-state index contributed by atoms with van der Waals surface area (Å²) in [5.74, 6) is -0.617. The molecule has 0 aromatic heterocycles. The van der Waals surface area contributed by atoms with Crippen molar-refractivity contribution in [2.24, 2.45) is 17.8 Å². The zero-order valence-electron chi connectivity index (χ0n) is 20.1. The molecular formula is C27H32N4O4. The second-order valence-corrected chi connectivity index (χ2v) is 10.3. The van der Waals surface area contributed by atoms with E-state index >= 15 is 0 Å². The van der Waals surface area contributed by atoms with Gasteiger partial charge < -0.3 is 5.32 Å². The summed E-state index contributed by atoms with van der Waals surface area (Å²) >= 11 is 0. The zero-order chi connectivity index (χ0) is 24.5. The van der Waals surface area contributed by atoms with Crippen molar-refractivity contribution in [1.29, 1.82) is 0 Å². The topological polar surface area (TPSA) is 95.8 Å². The smallest absolute Gasteiger partial charge is 0.294 e. The molecule has 3 atom stereocenters. The third kappa shape index (κ3) is 4.80. The minimum atomic E-state index is -0.434. The summed E-state index contributed by atoms with van der Waals surface area (Å²) in [6.07, 6.45) is 4.11. The van der Waals surface area contributed by atoms with Crippen LogP contribution in [0.4, 0.5) is 17.1 Å². The lowest BCUT2D eigenvalue weighted by atomic mass is 9.76. The van der Waals surface area contributed by atoms with Gasteiger partial charge in [0.05, 0.1) is 22.4 Å². The van der Waals surface area contributed by atoms with Gasteiger partial charge in [-0.25, -0.2) is 4.90 Å². The molecule has 2 aliphatic heterocycles. The Bertz CT molecular complexity index is 1110. The number of hydrogen-bond acceptors (Lipinski definition) is 6. The maximum absolute atomic E-state index is 13.1. The first-order valence-electron chi connectivity index (χ1n) is 12.6. The summed E-state index contributed by atoms with van der Waals surface area (Å²) in [6.45, 7) is 4.84. The van der Waals surface area contributed by atoms with Crippen molar-refractivity contribution in [3.05, 3.63) is 64.2 Å². The average molecular weight is 477 g/mol. The molecule has 2 aromatic rings. The van der Waals surface area contributed by atoms with Crippen LogP contribution < -0.4 is 10.2 Å². The number of likely N-dealkylation sites (tertiary alicyclic amines) is 1. The largest absolute Gasteiger partial charge is 0.377 e. The molecule has 0 unspecified atom stereocenters. The molecule has 2 amide bonds. The van der Waals surface area contributed by atoms with Gasteiger partial charge in [0.15, 0.2) is 0 Å². The number of nitrogens with zero attached hydrogens (tertiary/aromatic N) is 3. The molecule has 2 aromatic carbocycles. The van der Waals surface area contributed by atoms with Crippen molar-refractivity contribution in [2.75, 3.05) is 23.3 Å². The third-order valence-electron chi connectivity index (χ3n) is 7.82. The van der Waals surface area contributed by atoms with E-state index in [9.17, 15) is 19.7 Å². The lowest BCUT2D eigenvalue weighted by Crippen LogP contribution is -2.38. The predicted molar refractivity (Wildman–Crippen MR) is 134 cm³/mol. The highest BCUT2D eigenvalue weighted by atomic mass is 16.6. The van der Waals surface area contributed by atoms with Gasteiger partial charge in [-0.2, -0.15) is 0 Å². The lowest BCUT2D eigenvalue weighted by molar-refractivity contribution is -0.383. The van der Waals surface area contributed by atoms with Crippen LogP contribution >= 0.6 is 0 Å². The van der Waals surface area contributed by atoms with Crippen LogP contribution in [0.25, 0.3) is 0 Å². The van der Waals surface area contributed by atoms with Crippen LogP contribution in [-0.4, -0.2) is 40.8 Å². The molecular weight excluding hydrogens is 444 g/mol. The lowest BCUT2D eigenvalue weighted by Gasteiger charge is -2.32. The van der Waals surface area contributed by atoms with Gasteiger partial charge in [-0.15, -0.1) is 0 Å². The SMILES string of the molecule is C[C@@H]1CC[C@H]2C(=O)N(c3ccc(NC4CCN(Cc5ccccc5)CC4)c([N+](=O)[O-])c3)C(=O)[C@H]2C1. The van der Waals surface area contributed by atoms with Crippen LogP contribution in [0.2, 0.25) is 0 Å². The Hall–Kier alpha value is -3.26. The highest BCUT2D eigenvalue weighted by Gasteiger charge is 2.50. The highest BCUT2D eigenvalue weighted by molar-refractivity contribution is 6.22. The molecule has 3 aliphatic rings. The number of fused-ring (bicyclic) bond motifs is 1. The molecule has 8 nitrogen and oxygen atoms in total. The molecule has 184 valence electrons. The fraction of sp³-hybridized carbons (Fsp3) is 0.481. The van der Waals surface area contributed by atoms with Crippen molar-refractivity contribution < 1.29 is 14.5 Å². The van der Waals surface area contributed by atoms with Crippen molar-refractivity contribution in [3.63, 3.8) is 0 Å². The van der Waals surface area contributed by atoms with Crippen LogP contribution in [-0.2, 0) is 16.1 Å². The van der Waals surface area contributed by atoms with Gasteiger partial charge >= 0.3 is 0 Å². The summed E-state index contributed by atoms with van der Waals surface area (Å²) in [5.41, 5.74) is 1.92. The fourth-order valence-corrected chi connectivity index (χ4v) is 5.87. The number of anilines is 2. The van der Waals surface area contributed by atoms with E-state index < -0.39 is 4.92 Å². The minimum absolute atomic E-state index is 0.0990. The second-order valence-electron chi connectivity index (χ2n) is 10.3. The fourth-order valence-electron chi connectivity index (χ4n) is 5.87. The molecule has 2 saturated heterocycles. The number of benzene rings is 2. The quantitative estimate of drug-likeness (QED) is 0.372. The number of amides is 2. The van der Waals surface area contributed by atoms with Crippen molar-refractivity contribution >= 4 is 28.9 Å². The van der Waals surface area contributed by atoms with E-state index in [0.717, 1.165) is 38.9 Å². The number of nitro benzene ring substituents is 1. The number of hydrogen-bond donors (Lipinski definition) is 1. The van der Waals surface area contributed by atoms with Gasteiger partial charge in [-0.05, 0) is 55.7 Å². The van der Waals surface area contributed by atoms with E-state index in [2.05, 4.69) is 29.3 Å². The second kappa shape index (κ2) is 9.77. The maximum Gasteiger partial charge on any atom is 0.294 e. The standard InChI is InChI=1S/C27H32N4O4/c1-18-7-9-22-23(15-18)27(33)30(26(22)32)21-8-10-24(25(16-21)31(34)35)28-20-11-13-29(14-12-20)17-19-5-3-2-4-6-19/h2-6,8,10,16,18,20,22-23,28H,7,9,11-15,17H2,1H3/t18-,22-,23+/m1/s1. The van der Waals surface area contributed by atoms with Crippen LogP contribution in [0.15, 0.2) is 48.5 Å². The number of rotatable bonds is 6. The van der Waals surface area contributed by atoms with Gasteiger partial charge in [0.2, 0.25) is 11.8 Å². The molecule has 0 spiro atoms. The average Bonchev–Trinajstić information content (AvgIpc) is 3.10. The summed E-state index contributed by atoms with van der Waals surface area (Å²) in [4.78, 5) is 41.1. The molecule has 3 fully saturated rings. The summed E-state index contributed by atoms with van der Waals surface area (Å²) in [6, 6.07) is 15.2. The number of nitrogens with one attached hydrogen (secondary N) is 1. The predicted octanol–water partition coefficient (Wildman–Crippen LogP) is 4.60. The van der Waals surface area contributed by atoms with Crippen molar-refractivity contribution in [1.82, 2.24) is 4.90 Å². The van der Waals surface area contributed by atoms with E-state index in [1.807, 2.05) is 18.2 Å². The molecule has 2 heterocycles. The van der Waals surface area contributed by atoms with Gasteiger partial charge in [0, 0.05) is 31.7 Å². The first-order chi connectivity index (χ1) is 16.9. The molecule has 1 saturated carbocycles. The van der Waals surface area contributed by atoms with Crippen LogP contribution in [0.5, 0.6) is 0 Å². The number of imide groups is 1. The number of nitro groups is 1. The third-order valence-corrected chi connectivity index (χ3v) is 7.82. The summed E-state index contributed by atoms with van der Waals surface area (Å²) < 4.78 is 0. The molecule has 8 heteroatoms. The number of carbonyl (C=O) groups is 2. The first kappa shape index (κ1) is 23.5. The molecule has 5 rings (SSSR count). The van der Waals surface area contributed by atoms with E-state index in [0.29, 0.717) is 30.1 Å². The Morgan fingerprint density at radius 2 is 1.69 bits per heavy atom. The van der Waals surface area contributed by atoms with E-state index in [-0.39, 0.29) is 35.4 Å². The minimum Gasteiger partial charge on any atom is -0.377 e. The number of carbonyl (C=O) groups excluding carboxylic acids is 2. The molecule has 0 radical (unpaired) electrons. The van der Waals surface area contributed by atoms with E-state index in [4.69, 9.17) is 0 Å². The Kier molecular flexibility index (Phi) is 6.56. The van der Waals surface area contributed by atoms with E-state index in [1.54, 1.807) is 12.1 Å². The molecule has 35 heavy (non-hydrogen) atoms. The van der Waals surface area contributed by atoms with Gasteiger partial charge in [0.25, 0.3) is 5.69 Å². The zero-order valence-corrected chi connectivity index (χ0v) is 20.1. The molecule has 0 bridgehead atoms. The maximum atomic E-state index is 13.1. The first-order valence-corrected chi connectivity index (χ1v) is 12.6. The molecule has 1 aliphatic carbocycles. The van der Waals surface area contributed by atoms with E-state index in [1.165, 1.54) is 16.5 Å². The monoisotopic (exact) mass is 476 g/mol. The summed E-state index contributed by atoms with van der Waals surface area (Å²) in [5, 5.41) is 15.3. The van der Waals surface area contributed by atoms with Gasteiger partial charge in [0.1, 0.15) is 5.69 Å². The Morgan fingerprint density at radius 1 is 0.971 bits per heavy atom. The van der Waals surface area contributed by atoms with Crippen LogP contribution in [0, 0.1) is 27.9 Å².